The number of hydrogen-bond donors (Lipinski definition) is 0. The molecule has 2 aromatic heterocycles. The SMILES string of the molecule is c1ccc(N(c2ccccc2)c2ccc3sc4cc(-c5ccc(-c6ccc7c(c6)c6ccccc6n7-c6ccccc6)cc5)ccc4c3c2)cc1. The van der Waals surface area contributed by atoms with Crippen LogP contribution >= 0.6 is 11.3 Å². The molecule has 0 saturated carbocycles. The van der Waals surface area contributed by atoms with E-state index in [2.05, 4.69) is 204 Å². The van der Waals surface area contributed by atoms with Gasteiger partial charge in [-0.05, 0) is 101 Å². The summed E-state index contributed by atoms with van der Waals surface area (Å²) < 4.78 is 4.96. The highest BCUT2D eigenvalue weighted by Crippen LogP contribution is 2.42. The minimum Gasteiger partial charge on any atom is -0.310 e. The Morgan fingerprint density at radius 3 is 1.61 bits per heavy atom. The van der Waals surface area contributed by atoms with Crippen LogP contribution in [0.5, 0.6) is 0 Å². The molecule has 0 aliphatic heterocycles. The second kappa shape index (κ2) is 12.2. The van der Waals surface area contributed by atoms with E-state index in [1.165, 1.54) is 69.9 Å². The highest BCUT2D eigenvalue weighted by Gasteiger charge is 2.16. The lowest BCUT2D eigenvalue weighted by molar-refractivity contribution is 1.18. The molecule has 51 heavy (non-hydrogen) atoms. The van der Waals surface area contributed by atoms with Gasteiger partial charge in [0.1, 0.15) is 0 Å². The molecule has 240 valence electrons. The van der Waals surface area contributed by atoms with Gasteiger partial charge in [0.2, 0.25) is 0 Å². The number of thiophene rings is 1. The Morgan fingerprint density at radius 2 is 0.902 bits per heavy atom. The van der Waals surface area contributed by atoms with Gasteiger partial charge in [-0.1, -0.05) is 115 Å². The maximum atomic E-state index is 2.37. The van der Waals surface area contributed by atoms with Crippen molar-refractivity contribution in [3.63, 3.8) is 0 Å². The summed E-state index contributed by atoms with van der Waals surface area (Å²) in [6.07, 6.45) is 0. The predicted octanol–water partition coefficient (Wildman–Crippen LogP) is 14.0. The third-order valence-electron chi connectivity index (χ3n) is 9.98. The van der Waals surface area contributed by atoms with Gasteiger partial charge in [-0.2, -0.15) is 0 Å². The van der Waals surface area contributed by atoms with Gasteiger partial charge < -0.3 is 9.47 Å². The summed E-state index contributed by atoms with van der Waals surface area (Å²) in [6.45, 7) is 0. The Bertz CT molecular complexity index is 2790. The summed E-state index contributed by atoms with van der Waals surface area (Å²) in [7, 11) is 0. The fraction of sp³-hybridized carbons (Fsp3) is 0. The predicted molar refractivity (Wildman–Crippen MR) is 219 cm³/mol. The summed E-state index contributed by atoms with van der Waals surface area (Å²) >= 11 is 1.86. The van der Waals surface area contributed by atoms with Crippen molar-refractivity contribution in [1.29, 1.82) is 0 Å². The number of aromatic nitrogens is 1. The first kappa shape index (κ1) is 29.5. The maximum Gasteiger partial charge on any atom is 0.0541 e. The molecule has 2 nitrogen and oxygen atoms in total. The topological polar surface area (TPSA) is 8.17 Å². The van der Waals surface area contributed by atoms with Gasteiger partial charge >= 0.3 is 0 Å². The molecule has 0 fully saturated rings. The van der Waals surface area contributed by atoms with Crippen molar-refractivity contribution in [2.75, 3.05) is 4.90 Å². The molecule has 0 N–H and O–H groups in total. The van der Waals surface area contributed by atoms with Gasteiger partial charge in [-0.25, -0.2) is 0 Å². The molecule has 0 atom stereocenters. The van der Waals surface area contributed by atoms with Gasteiger partial charge in [0, 0.05) is 53.7 Å². The van der Waals surface area contributed by atoms with Gasteiger partial charge in [-0.15, -0.1) is 11.3 Å². The standard InChI is InChI=1S/C48H32N2S/c1-4-12-37(13-5-1)49(38-14-6-2-7-15-38)40-26-29-47-44(32-40)42-27-24-36(31-48(42)51-47)34-22-20-33(21-23-34)35-25-28-46-43(30-35)41-18-10-11-19-45(41)50(46)39-16-8-3-9-17-39/h1-32H. The first-order valence-corrected chi connectivity index (χ1v) is 18.2. The second-order valence-corrected chi connectivity index (χ2v) is 14.1. The van der Waals surface area contributed by atoms with E-state index in [4.69, 9.17) is 0 Å². The lowest BCUT2D eigenvalue weighted by atomic mass is 9.98. The Hall–Kier alpha value is -6.42. The van der Waals surface area contributed by atoms with Crippen molar-refractivity contribution in [2.45, 2.75) is 0 Å². The first-order valence-electron chi connectivity index (χ1n) is 17.3. The first-order chi connectivity index (χ1) is 25.3. The van der Waals surface area contributed by atoms with E-state index in [1.807, 2.05) is 11.3 Å². The molecule has 10 rings (SSSR count). The zero-order valence-electron chi connectivity index (χ0n) is 27.8. The molecule has 10 aromatic rings. The highest BCUT2D eigenvalue weighted by molar-refractivity contribution is 7.25. The molecule has 0 spiro atoms. The molecule has 8 aromatic carbocycles. The zero-order valence-corrected chi connectivity index (χ0v) is 28.6. The average Bonchev–Trinajstić information content (AvgIpc) is 3.74. The van der Waals surface area contributed by atoms with Crippen LogP contribution in [0.2, 0.25) is 0 Å². The van der Waals surface area contributed by atoms with Crippen molar-refractivity contribution in [2.24, 2.45) is 0 Å². The summed E-state index contributed by atoms with van der Waals surface area (Å²) in [4.78, 5) is 2.33. The van der Waals surface area contributed by atoms with E-state index in [0.29, 0.717) is 0 Å². The minimum absolute atomic E-state index is 1.15. The molecule has 3 heteroatoms. The Labute approximate surface area is 300 Å². The van der Waals surface area contributed by atoms with Crippen LogP contribution in [0, 0.1) is 0 Å². The van der Waals surface area contributed by atoms with Crippen LogP contribution in [0.4, 0.5) is 17.1 Å². The quantitative estimate of drug-likeness (QED) is 0.171. The molecule has 0 amide bonds. The van der Waals surface area contributed by atoms with E-state index in [1.54, 1.807) is 0 Å². The number of fused-ring (bicyclic) bond motifs is 6. The Kier molecular flexibility index (Phi) is 7.04. The van der Waals surface area contributed by atoms with Crippen LogP contribution < -0.4 is 4.90 Å². The molecule has 0 radical (unpaired) electrons. The van der Waals surface area contributed by atoms with Gasteiger partial charge in [0.05, 0.1) is 11.0 Å². The van der Waals surface area contributed by atoms with Crippen LogP contribution in [-0.4, -0.2) is 4.57 Å². The fourth-order valence-corrected chi connectivity index (χ4v) is 8.67. The van der Waals surface area contributed by atoms with Gasteiger partial charge in [0.15, 0.2) is 0 Å². The normalized spacial score (nSPS) is 11.5. The number of hydrogen-bond acceptors (Lipinski definition) is 2. The molecular formula is C48H32N2S. The minimum atomic E-state index is 1.15. The number of benzene rings is 8. The number of anilines is 3. The lowest BCUT2D eigenvalue weighted by Crippen LogP contribution is -2.09. The Morgan fingerprint density at radius 1 is 0.333 bits per heavy atom. The van der Waals surface area contributed by atoms with Crippen LogP contribution in [-0.2, 0) is 0 Å². The molecule has 0 aliphatic rings. The van der Waals surface area contributed by atoms with Crippen molar-refractivity contribution in [3.8, 4) is 27.9 Å². The van der Waals surface area contributed by atoms with E-state index in [9.17, 15) is 0 Å². The molecule has 0 aliphatic carbocycles. The van der Waals surface area contributed by atoms with Crippen molar-refractivity contribution >= 4 is 70.4 Å². The maximum absolute atomic E-state index is 2.37. The Balaban J connectivity index is 0.993. The smallest absolute Gasteiger partial charge is 0.0541 e. The molecular weight excluding hydrogens is 637 g/mol. The van der Waals surface area contributed by atoms with E-state index in [-0.39, 0.29) is 0 Å². The summed E-state index contributed by atoms with van der Waals surface area (Å²) in [5, 5.41) is 5.12. The largest absolute Gasteiger partial charge is 0.310 e. The van der Waals surface area contributed by atoms with Crippen LogP contribution in [0.1, 0.15) is 0 Å². The fourth-order valence-electron chi connectivity index (χ4n) is 7.55. The van der Waals surface area contributed by atoms with Crippen molar-refractivity contribution in [3.05, 3.63) is 194 Å². The van der Waals surface area contributed by atoms with Crippen LogP contribution in [0.3, 0.4) is 0 Å². The third kappa shape index (κ3) is 5.10. The lowest BCUT2D eigenvalue weighted by Gasteiger charge is -2.25. The van der Waals surface area contributed by atoms with Crippen molar-refractivity contribution < 1.29 is 0 Å². The van der Waals surface area contributed by atoms with E-state index >= 15 is 0 Å². The van der Waals surface area contributed by atoms with E-state index < -0.39 is 0 Å². The van der Waals surface area contributed by atoms with Crippen LogP contribution in [0.25, 0.3) is 69.9 Å². The van der Waals surface area contributed by atoms with Crippen LogP contribution in [0.15, 0.2) is 194 Å². The molecule has 0 bridgehead atoms. The number of para-hydroxylation sites is 4. The average molecular weight is 669 g/mol. The monoisotopic (exact) mass is 668 g/mol. The number of rotatable bonds is 6. The summed E-state index contributed by atoms with van der Waals surface area (Å²) in [6, 6.07) is 70.3. The molecule has 2 heterocycles. The summed E-state index contributed by atoms with van der Waals surface area (Å²) in [5.41, 5.74) is 12.0. The van der Waals surface area contributed by atoms with Gasteiger partial charge in [0.25, 0.3) is 0 Å². The summed E-state index contributed by atoms with van der Waals surface area (Å²) in [5.74, 6) is 0. The highest BCUT2D eigenvalue weighted by atomic mass is 32.1. The second-order valence-electron chi connectivity index (χ2n) is 13.0. The van der Waals surface area contributed by atoms with Gasteiger partial charge in [-0.3, -0.25) is 0 Å². The molecule has 0 unspecified atom stereocenters. The number of nitrogens with zero attached hydrogens (tertiary/aromatic N) is 2. The third-order valence-corrected chi connectivity index (χ3v) is 11.1. The molecule has 0 saturated heterocycles. The van der Waals surface area contributed by atoms with E-state index in [0.717, 1.165) is 17.1 Å². The van der Waals surface area contributed by atoms with Crippen molar-refractivity contribution in [1.82, 2.24) is 4.57 Å². The zero-order chi connectivity index (χ0) is 33.7.